The number of para-hydroxylation sites is 1. The molecule has 0 amide bonds. The largest absolute Gasteiger partial charge is 0.346 e. The van der Waals surface area contributed by atoms with Gasteiger partial charge in [0, 0.05) is 36.7 Å². The highest BCUT2D eigenvalue weighted by atomic mass is 15.1. The number of rotatable bonds is 3. The van der Waals surface area contributed by atoms with Gasteiger partial charge in [-0.25, -0.2) is 0 Å². The van der Waals surface area contributed by atoms with Gasteiger partial charge < -0.3 is 15.2 Å². The smallest absolute Gasteiger partial charge is 0.0483 e. The van der Waals surface area contributed by atoms with E-state index in [2.05, 4.69) is 54.9 Å². The summed E-state index contributed by atoms with van der Waals surface area (Å²) in [6.45, 7) is 1.53. The third kappa shape index (κ3) is 1.72. The third-order valence-electron chi connectivity index (χ3n) is 3.01. The second-order valence-electron chi connectivity index (χ2n) is 4.44. The minimum Gasteiger partial charge on any atom is -0.346 e. The van der Waals surface area contributed by atoms with E-state index in [9.17, 15) is 0 Å². The Hall–Kier alpha value is -1.32. The summed E-state index contributed by atoms with van der Waals surface area (Å²) >= 11 is 0. The van der Waals surface area contributed by atoms with Gasteiger partial charge in [0.15, 0.2) is 0 Å². The average molecular weight is 217 g/mol. The van der Waals surface area contributed by atoms with Gasteiger partial charge in [0.1, 0.15) is 0 Å². The van der Waals surface area contributed by atoms with E-state index < -0.39 is 0 Å². The van der Waals surface area contributed by atoms with Gasteiger partial charge >= 0.3 is 0 Å². The van der Waals surface area contributed by atoms with E-state index in [0.29, 0.717) is 6.54 Å². The summed E-state index contributed by atoms with van der Waals surface area (Å²) in [4.78, 5) is 2.18. The Morgan fingerprint density at radius 2 is 1.94 bits per heavy atom. The second kappa shape index (κ2) is 4.28. The number of fused-ring (bicyclic) bond motifs is 1. The van der Waals surface area contributed by atoms with Crippen LogP contribution in [0.25, 0.3) is 10.9 Å². The fourth-order valence-corrected chi connectivity index (χ4v) is 2.28. The Bertz CT molecular complexity index is 497. The van der Waals surface area contributed by atoms with Gasteiger partial charge in [0.25, 0.3) is 0 Å². The van der Waals surface area contributed by atoms with Gasteiger partial charge in [0.05, 0.1) is 0 Å². The van der Waals surface area contributed by atoms with E-state index in [4.69, 9.17) is 5.73 Å². The maximum Gasteiger partial charge on any atom is 0.0483 e. The molecule has 1 aromatic carbocycles. The van der Waals surface area contributed by atoms with Gasteiger partial charge in [0.2, 0.25) is 0 Å². The summed E-state index contributed by atoms with van der Waals surface area (Å²) in [7, 11) is 6.26. The van der Waals surface area contributed by atoms with Crippen molar-refractivity contribution in [3.8, 4) is 0 Å². The Labute approximate surface area is 96.5 Å². The highest BCUT2D eigenvalue weighted by Gasteiger charge is 2.13. The van der Waals surface area contributed by atoms with Crippen molar-refractivity contribution in [3.63, 3.8) is 0 Å². The molecule has 0 radical (unpaired) electrons. The standard InChI is InChI=1S/C13H19N3/c1-15(2)9-11-10-6-4-5-7-12(10)16(3)13(11)8-14/h4-7H,8-9,14H2,1-3H3. The maximum atomic E-state index is 5.85. The number of hydrogen-bond acceptors (Lipinski definition) is 2. The molecule has 0 bridgehead atoms. The molecule has 0 aliphatic rings. The zero-order valence-electron chi connectivity index (χ0n) is 10.2. The van der Waals surface area contributed by atoms with Crippen molar-refractivity contribution in [2.45, 2.75) is 13.1 Å². The van der Waals surface area contributed by atoms with Gasteiger partial charge in [-0.15, -0.1) is 0 Å². The van der Waals surface area contributed by atoms with Crippen LogP contribution < -0.4 is 5.73 Å². The Morgan fingerprint density at radius 3 is 2.56 bits per heavy atom. The first-order valence-corrected chi connectivity index (χ1v) is 5.55. The molecule has 86 valence electrons. The first kappa shape index (κ1) is 11.2. The van der Waals surface area contributed by atoms with Gasteiger partial charge in [-0.1, -0.05) is 18.2 Å². The van der Waals surface area contributed by atoms with E-state index in [0.717, 1.165) is 6.54 Å². The van der Waals surface area contributed by atoms with Gasteiger partial charge in [-0.2, -0.15) is 0 Å². The monoisotopic (exact) mass is 217 g/mol. The molecule has 0 unspecified atom stereocenters. The van der Waals surface area contributed by atoms with Crippen LogP contribution in [0.15, 0.2) is 24.3 Å². The van der Waals surface area contributed by atoms with Crippen molar-refractivity contribution in [2.75, 3.05) is 14.1 Å². The predicted octanol–water partition coefficient (Wildman–Crippen LogP) is 1.70. The minimum absolute atomic E-state index is 0.592. The van der Waals surface area contributed by atoms with Crippen LogP contribution in [0.2, 0.25) is 0 Å². The number of nitrogens with zero attached hydrogens (tertiary/aromatic N) is 2. The van der Waals surface area contributed by atoms with Crippen molar-refractivity contribution in [1.29, 1.82) is 0 Å². The molecular weight excluding hydrogens is 198 g/mol. The second-order valence-corrected chi connectivity index (χ2v) is 4.44. The lowest BCUT2D eigenvalue weighted by Crippen LogP contribution is -2.14. The summed E-state index contributed by atoms with van der Waals surface area (Å²) in [6, 6.07) is 8.48. The zero-order valence-corrected chi connectivity index (χ0v) is 10.2. The summed E-state index contributed by atoms with van der Waals surface area (Å²) < 4.78 is 2.20. The molecule has 0 saturated carbocycles. The van der Waals surface area contributed by atoms with Crippen LogP contribution in [0.4, 0.5) is 0 Å². The van der Waals surface area contributed by atoms with Crippen molar-refractivity contribution in [3.05, 3.63) is 35.5 Å². The molecule has 0 saturated heterocycles. The van der Waals surface area contributed by atoms with E-state index in [1.54, 1.807) is 0 Å². The predicted molar refractivity (Wildman–Crippen MR) is 68.2 cm³/mol. The number of aryl methyl sites for hydroxylation is 1. The molecule has 0 fully saturated rings. The van der Waals surface area contributed by atoms with Crippen molar-refractivity contribution in [2.24, 2.45) is 12.8 Å². The van der Waals surface area contributed by atoms with E-state index in [1.807, 2.05) is 0 Å². The van der Waals surface area contributed by atoms with E-state index >= 15 is 0 Å². The van der Waals surface area contributed by atoms with Crippen molar-refractivity contribution >= 4 is 10.9 Å². The quantitative estimate of drug-likeness (QED) is 0.849. The first-order valence-electron chi connectivity index (χ1n) is 5.55. The van der Waals surface area contributed by atoms with E-state index in [1.165, 1.54) is 22.2 Å². The number of nitrogens with two attached hydrogens (primary N) is 1. The topological polar surface area (TPSA) is 34.2 Å². The molecule has 0 spiro atoms. The van der Waals surface area contributed by atoms with Crippen LogP contribution in [0.3, 0.4) is 0 Å². The van der Waals surface area contributed by atoms with Crippen LogP contribution in [0.5, 0.6) is 0 Å². The molecule has 2 N–H and O–H groups in total. The van der Waals surface area contributed by atoms with Crippen molar-refractivity contribution in [1.82, 2.24) is 9.47 Å². The van der Waals surface area contributed by atoms with Gasteiger partial charge in [-0.05, 0) is 25.7 Å². The third-order valence-corrected chi connectivity index (χ3v) is 3.01. The summed E-state index contributed by atoms with van der Waals surface area (Å²) in [5.41, 5.74) is 9.70. The fraction of sp³-hybridized carbons (Fsp3) is 0.385. The lowest BCUT2D eigenvalue weighted by atomic mass is 10.1. The normalized spacial score (nSPS) is 11.6. The molecule has 3 nitrogen and oxygen atoms in total. The van der Waals surface area contributed by atoms with E-state index in [-0.39, 0.29) is 0 Å². The fourth-order valence-electron chi connectivity index (χ4n) is 2.28. The Morgan fingerprint density at radius 1 is 1.25 bits per heavy atom. The van der Waals surface area contributed by atoms with Crippen molar-refractivity contribution < 1.29 is 0 Å². The Balaban J connectivity index is 2.68. The first-order chi connectivity index (χ1) is 7.65. The molecule has 0 aliphatic heterocycles. The summed E-state index contributed by atoms with van der Waals surface area (Å²) in [6.07, 6.45) is 0. The van der Waals surface area contributed by atoms with Crippen LogP contribution in [0, 0.1) is 0 Å². The summed E-state index contributed by atoms with van der Waals surface area (Å²) in [5.74, 6) is 0. The highest BCUT2D eigenvalue weighted by molar-refractivity contribution is 5.85. The van der Waals surface area contributed by atoms with Crippen LogP contribution in [0.1, 0.15) is 11.3 Å². The maximum absolute atomic E-state index is 5.85. The SMILES string of the molecule is CN(C)Cc1c(CN)n(C)c2ccccc12. The summed E-state index contributed by atoms with van der Waals surface area (Å²) in [5, 5.41) is 1.32. The molecule has 1 heterocycles. The van der Waals surface area contributed by atoms with Crippen LogP contribution in [-0.4, -0.2) is 23.6 Å². The molecule has 3 heteroatoms. The molecule has 0 atom stereocenters. The van der Waals surface area contributed by atoms with Crippen LogP contribution >= 0.6 is 0 Å². The lowest BCUT2D eigenvalue weighted by Gasteiger charge is -2.11. The number of benzene rings is 1. The number of hydrogen-bond donors (Lipinski definition) is 1. The molecule has 2 aromatic rings. The molecule has 2 rings (SSSR count). The lowest BCUT2D eigenvalue weighted by molar-refractivity contribution is 0.402. The average Bonchev–Trinajstić information content (AvgIpc) is 2.52. The van der Waals surface area contributed by atoms with Gasteiger partial charge in [-0.3, -0.25) is 0 Å². The minimum atomic E-state index is 0.592. The highest BCUT2D eigenvalue weighted by Crippen LogP contribution is 2.25. The molecule has 0 aliphatic carbocycles. The molecule has 1 aromatic heterocycles. The molecular formula is C13H19N3. The molecule has 16 heavy (non-hydrogen) atoms. The van der Waals surface area contributed by atoms with Crippen LogP contribution in [-0.2, 0) is 20.1 Å². The Kier molecular flexibility index (Phi) is 2.99. The zero-order chi connectivity index (χ0) is 11.7. The number of aromatic nitrogens is 1.